The maximum atomic E-state index is 11.3. The third-order valence-corrected chi connectivity index (χ3v) is 3.11. The molecule has 0 atom stereocenters. The van der Waals surface area contributed by atoms with Crippen LogP contribution in [-0.4, -0.2) is 54.0 Å². The van der Waals surface area contributed by atoms with Crippen molar-refractivity contribution >= 4 is 17.7 Å². The molecule has 0 spiro atoms. The summed E-state index contributed by atoms with van der Waals surface area (Å²) in [6.45, 7) is 6.61. The number of aryl methyl sites for hydroxylation is 1. The second kappa shape index (κ2) is 5.20. The van der Waals surface area contributed by atoms with Gasteiger partial charge in [0, 0.05) is 51.9 Å². The third-order valence-electron chi connectivity index (χ3n) is 3.11. The van der Waals surface area contributed by atoms with E-state index in [0.29, 0.717) is 0 Å². The standard InChI is InChI=1S/C12H19N5O/c1-9-8-11(13-3)15-12(14-9)17-6-4-16(5-7-17)10(2)18/h8H,4-7H2,1-3H3,(H,13,14,15). The first kappa shape index (κ1) is 12.6. The molecule has 1 aromatic heterocycles. The highest BCUT2D eigenvalue weighted by Gasteiger charge is 2.20. The van der Waals surface area contributed by atoms with Crippen LogP contribution in [0.4, 0.5) is 11.8 Å². The maximum Gasteiger partial charge on any atom is 0.227 e. The molecule has 98 valence electrons. The molecule has 0 aromatic carbocycles. The molecule has 0 unspecified atom stereocenters. The number of rotatable bonds is 2. The Morgan fingerprint density at radius 2 is 1.94 bits per heavy atom. The molecule has 6 nitrogen and oxygen atoms in total. The predicted molar refractivity (Wildman–Crippen MR) is 70.8 cm³/mol. The zero-order valence-electron chi connectivity index (χ0n) is 11.1. The quantitative estimate of drug-likeness (QED) is 0.827. The first-order valence-electron chi connectivity index (χ1n) is 6.14. The minimum Gasteiger partial charge on any atom is -0.373 e. The lowest BCUT2D eigenvalue weighted by Crippen LogP contribution is -2.48. The number of hydrogen-bond acceptors (Lipinski definition) is 5. The summed E-state index contributed by atoms with van der Waals surface area (Å²) < 4.78 is 0. The van der Waals surface area contributed by atoms with Gasteiger partial charge >= 0.3 is 0 Å². The normalized spacial score (nSPS) is 15.7. The molecule has 0 saturated carbocycles. The average Bonchev–Trinajstić information content (AvgIpc) is 2.38. The van der Waals surface area contributed by atoms with Crippen LogP contribution in [0, 0.1) is 6.92 Å². The molecule has 1 aliphatic heterocycles. The molecule has 6 heteroatoms. The highest BCUT2D eigenvalue weighted by molar-refractivity contribution is 5.73. The highest BCUT2D eigenvalue weighted by atomic mass is 16.2. The van der Waals surface area contributed by atoms with Gasteiger partial charge in [-0.15, -0.1) is 0 Å². The number of nitrogens with one attached hydrogen (secondary N) is 1. The first-order valence-corrected chi connectivity index (χ1v) is 6.14. The molecule has 2 rings (SSSR count). The van der Waals surface area contributed by atoms with Gasteiger partial charge in [0.1, 0.15) is 5.82 Å². The summed E-state index contributed by atoms with van der Waals surface area (Å²) in [5.41, 5.74) is 0.943. The third kappa shape index (κ3) is 2.69. The van der Waals surface area contributed by atoms with Gasteiger partial charge in [-0.2, -0.15) is 4.98 Å². The van der Waals surface area contributed by atoms with E-state index in [4.69, 9.17) is 0 Å². The molecule has 0 radical (unpaired) electrons. The van der Waals surface area contributed by atoms with Gasteiger partial charge < -0.3 is 15.1 Å². The summed E-state index contributed by atoms with van der Waals surface area (Å²) in [7, 11) is 1.85. The number of nitrogens with zero attached hydrogens (tertiary/aromatic N) is 4. The molecule has 1 aromatic rings. The fourth-order valence-corrected chi connectivity index (χ4v) is 2.04. The topological polar surface area (TPSA) is 61.4 Å². The number of amides is 1. The van der Waals surface area contributed by atoms with Gasteiger partial charge in [-0.25, -0.2) is 4.98 Å². The van der Waals surface area contributed by atoms with Crippen LogP contribution in [0.5, 0.6) is 0 Å². The van der Waals surface area contributed by atoms with E-state index in [2.05, 4.69) is 20.2 Å². The molecule has 0 bridgehead atoms. The lowest BCUT2D eigenvalue weighted by molar-refractivity contribution is -0.129. The number of carbonyl (C=O) groups is 1. The summed E-state index contributed by atoms with van der Waals surface area (Å²) in [5.74, 6) is 1.70. The second-order valence-electron chi connectivity index (χ2n) is 4.44. The number of carbonyl (C=O) groups excluding carboxylic acids is 1. The Morgan fingerprint density at radius 3 is 2.50 bits per heavy atom. The lowest BCUT2D eigenvalue weighted by atomic mass is 10.3. The van der Waals surface area contributed by atoms with Crippen LogP contribution >= 0.6 is 0 Å². The number of aromatic nitrogens is 2. The van der Waals surface area contributed by atoms with Crippen LogP contribution in [0.15, 0.2) is 6.07 Å². The minimum atomic E-state index is 0.135. The Hall–Kier alpha value is -1.85. The summed E-state index contributed by atoms with van der Waals surface area (Å²) in [6, 6.07) is 1.91. The monoisotopic (exact) mass is 249 g/mol. The van der Waals surface area contributed by atoms with E-state index in [-0.39, 0.29) is 5.91 Å². The van der Waals surface area contributed by atoms with Crippen molar-refractivity contribution in [3.05, 3.63) is 11.8 Å². The van der Waals surface area contributed by atoms with E-state index in [1.807, 2.05) is 24.9 Å². The molecule has 1 saturated heterocycles. The Morgan fingerprint density at radius 1 is 1.28 bits per heavy atom. The summed E-state index contributed by atoms with van der Waals surface area (Å²) in [4.78, 5) is 24.1. The maximum absolute atomic E-state index is 11.3. The van der Waals surface area contributed by atoms with Crippen LogP contribution in [0.25, 0.3) is 0 Å². The Kier molecular flexibility index (Phi) is 3.64. The SMILES string of the molecule is CNc1cc(C)nc(N2CCN(C(C)=O)CC2)n1. The van der Waals surface area contributed by atoms with E-state index >= 15 is 0 Å². The Labute approximate surface area is 107 Å². The van der Waals surface area contributed by atoms with Gasteiger partial charge in [-0.05, 0) is 6.92 Å². The molecule has 18 heavy (non-hydrogen) atoms. The Bertz CT molecular complexity index is 440. The van der Waals surface area contributed by atoms with Gasteiger partial charge in [-0.3, -0.25) is 4.79 Å². The fourth-order valence-electron chi connectivity index (χ4n) is 2.04. The molecule has 1 aliphatic rings. The molecule has 1 N–H and O–H groups in total. The van der Waals surface area contributed by atoms with Crippen LogP contribution in [0.2, 0.25) is 0 Å². The molecular formula is C12H19N5O. The van der Waals surface area contributed by atoms with Crippen molar-refractivity contribution in [1.29, 1.82) is 0 Å². The van der Waals surface area contributed by atoms with Gasteiger partial charge in [0.2, 0.25) is 11.9 Å². The van der Waals surface area contributed by atoms with E-state index in [1.54, 1.807) is 6.92 Å². The predicted octanol–water partition coefficient (Wildman–Crippen LogP) is 0.495. The molecule has 1 amide bonds. The van der Waals surface area contributed by atoms with E-state index in [1.165, 1.54) is 0 Å². The molecular weight excluding hydrogens is 230 g/mol. The van der Waals surface area contributed by atoms with Crippen LogP contribution < -0.4 is 10.2 Å². The van der Waals surface area contributed by atoms with Crippen LogP contribution in [0.1, 0.15) is 12.6 Å². The lowest BCUT2D eigenvalue weighted by Gasteiger charge is -2.34. The fraction of sp³-hybridized carbons (Fsp3) is 0.583. The van der Waals surface area contributed by atoms with Crippen molar-refractivity contribution in [2.75, 3.05) is 43.4 Å². The van der Waals surface area contributed by atoms with Gasteiger partial charge in [0.25, 0.3) is 0 Å². The van der Waals surface area contributed by atoms with Crippen molar-refractivity contribution in [1.82, 2.24) is 14.9 Å². The van der Waals surface area contributed by atoms with Crippen molar-refractivity contribution in [2.45, 2.75) is 13.8 Å². The van der Waals surface area contributed by atoms with Gasteiger partial charge in [-0.1, -0.05) is 0 Å². The molecule has 1 fully saturated rings. The smallest absolute Gasteiger partial charge is 0.227 e. The first-order chi connectivity index (χ1) is 8.60. The second-order valence-corrected chi connectivity index (χ2v) is 4.44. The molecule has 0 aliphatic carbocycles. The summed E-state index contributed by atoms with van der Waals surface area (Å²) in [5, 5.41) is 3.03. The summed E-state index contributed by atoms with van der Waals surface area (Å²) in [6.07, 6.45) is 0. The number of piperazine rings is 1. The van der Waals surface area contributed by atoms with Crippen LogP contribution in [-0.2, 0) is 4.79 Å². The minimum absolute atomic E-state index is 0.135. The number of hydrogen-bond donors (Lipinski definition) is 1. The highest BCUT2D eigenvalue weighted by Crippen LogP contribution is 2.15. The van der Waals surface area contributed by atoms with Crippen molar-refractivity contribution < 1.29 is 4.79 Å². The van der Waals surface area contributed by atoms with Gasteiger partial charge in [0.15, 0.2) is 0 Å². The average molecular weight is 249 g/mol. The van der Waals surface area contributed by atoms with Crippen molar-refractivity contribution in [2.24, 2.45) is 0 Å². The van der Waals surface area contributed by atoms with Gasteiger partial charge in [0.05, 0.1) is 0 Å². The number of anilines is 2. The van der Waals surface area contributed by atoms with Crippen molar-refractivity contribution in [3.63, 3.8) is 0 Å². The molecule has 2 heterocycles. The van der Waals surface area contributed by atoms with E-state index in [9.17, 15) is 4.79 Å². The van der Waals surface area contributed by atoms with Crippen LogP contribution in [0.3, 0.4) is 0 Å². The van der Waals surface area contributed by atoms with E-state index in [0.717, 1.165) is 43.6 Å². The zero-order chi connectivity index (χ0) is 13.1. The van der Waals surface area contributed by atoms with E-state index < -0.39 is 0 Å². The zero-order valence-corrected chi connectivity index (χ0v) is 11.1. The largest absolute Gasteiger partial charge is 0.373 e. The summed E-state index contributed by atoms with van der Waals surface area (Å²) >= 11 is 0. The van der Waals surface area contributed by atoms with Crippen molar-refractivity contribution in [3.8, 4) is 0 Å². The Balaban J connectivity index is 2.09.